The molecule has 0 aromatic heterocycles. The standard InChI is InChI=1S/C25H36Cl2N2O4S/c1-8-9-32-21-13-20(27)19(26)12-18(21)22(28-34(31)25(5,6)7)17-11-16-10-15(17)14-29(16)23(30)33-24(2,3)4/h8,12-13,15-17,22,28H,1,9-11,14H2,2-7H3. The van der Waals surface area contributed by atoms with E-state index in [-0.39, 0.29) is 30.0 Å². The van der Waals surface area contributed by atoms with Crippen LogP contribution in [0.3, 0.4) is 0 Å². The van der Waals surface area contributed by atoms with E-state index in [1.165, 1.54) is 0 Å². The summed E-state index contributed by atoms with van der Waals surface area (Å²) in [5.74, 6) is 0.955. The minimum absolute atomic E-state index is 0.0811. The van der Waals surface area contributed by atoms with Gasteiger partial charge in [0.25, 0.3) is 0 Å². The van der Waals surface area contributed by atoms with Crippen LogP contribution in [0.2, 0.25) is 10.0 Å². The number of nitrogens with zero attached hydrogens (tertiary/aromatic N) is 1. The molecule has 2 bridgehead atoms. The number of hydrogen-bond acceptors (Lipinski definition) is 5. The average Bonchev–Trinajstić information content (AvgIpc) is 3.31. The quantitative estimate of drug-likeness (QED) is 0.330. The molecule has 9 heteroatoms. The Balaban J connectivity index is 1.92. The second-order valence-electron chi connectivity index (χ2n) is 11.1. The van der Waals surface area contributed by atoms with Crippen LogP contribution in [0.5, 0.6) is 5.75 Å². The third-order valence-electron chi connectivity index (χ3n) is 6.19. The molecule has 1 N–H and O–H groups in total. The summed E-state index contributed by atoms with van der Waals surface area (Å²) >= 11 is 11.4. The van der Waals surface area contributed by atoms with E-state index in [1.807, 2.05) is 46.4 Å². The number of carbonyl (C=O) groups is 1. The lowest BCUT2D eigenvalue weighted by molar-refractivity contribution is 0.0149. The van der Waals surface area contributed by atoms with Crippen molar-refractivity contribution in [2.24, 2.45) is 11.8 Å². The molecule has 0 radical (unpaired) electrons. The van der Waals surface area contributed by atoms with Crippen molar-refractivity contribution in [3.8, 4) is 5.75 Å². The summed E-state index contributed by atoms with van der Waals surface area (Å²) in [6.45, 7) is 16.1. The molecule has 2 fully saturated rings. The largest absolute Gasteiger partial charge is 0.598 e. The Labute approximate surface area is 216 Å². The highest BCUT2D eigenvalue weighted by atomic mass is 35.5. The summed E-state index contributed by atoms with van der Waals surface area (Å²) in [6, 6.07) is 3.30. The molecule has 6 nitrogen and oxygen atoms in total. The lowest BCUT2D eigenvalue weighted by atomic mass is 9.84. The van der Waals surface area contributed by atoms with Gasteiger partial charge >= 0.3 is 6.09 Å². The second kappa shape index (κ2) is 10.5. The van der Waals surface area contributed by atoms with Gasteiger partial charge in [-0.2, -0.15) is 0 Å². The normalized spacial score (nSPS) is 24.1. The molecule has 1 heterocycles. The number of ether oxygens (including phenoxy) is 2. The number of amides is 1. The summed E-state index contributed by atoms with van der Waals surface area (Å²) in [6.07, 6.45) is 3.04. The molecule has 1 aromatic rings. The minimum atomic E-state index is -1.33. The van der Waals surface area contributed by atoms with Crippen LogP contribution in [0.15, 0.2) is 24.8 Å². The molecular formula is C25H36Cl2N2O4S. The predicted octanol–water partition coefficient (Wildman–Crippen LogP) is 6.30. The van der Waals surface area contributed by atoms with Gasteiger partial charge in [-0.15, -0.1) is 4.72 Å². The number of rotatable bonds is 7. The van der Waals surface area contributed by atoms with Crippen molar-refractivity contribution in [3.63, 3.8) is 0 Å². The number of likely N-dealkylation sites (tertiary alicyclic amines) is 1. The molecule has 1 aliphatic heterocycles. The van der Waals surface area contributed by atoms with Crippen LogP contribution in [0.1, 0.15) is 66.0 Å². The third-order valence-corrected chi connectivity index (χ3v) is 8.49. The zero-order valence-electron chi connectivity index (χ0n) is 20.8. The maximum Gasteiger partial charge on any atom is 0.410 e. The zero-order valence-corrected chi connectivity index (χ0v) is 23.1. The van der Waals surface area contributed by atoms with Crippen molar-refractivity contribution in [1.29, 1.82) is 0 Å². The predicted molar refractivity (Wildman–Crippen MR) is 139 cm³/mol. The first-order chi connectivity index (χ1) is 15.7. The number of hydrogen-bond donors (Lipinski definition) is 1. The van der Waals surface area contributed by atoms with Gasteiger partial charge in [0, 0.05) is 35.6 Å². The Bertz CT molecular complexity index is 915. The van der Waals surface area contributed by atoms with E-state index in [1.54, 1.807) is 18.2 Å². The van der Waals surface area contributed by atoms with Gasteiger partial charge < -0.3 is 18.9 Å². The van der Waals surface area contributed by atoms with E-state index >= 15 is 0 Å². The van der Waals surface area contributed by atoms with Gasteiger partial charge in [0.15, 0.2) is 0 Å². The minimum Gasteiger partial charge on any atom is -0.598 e. The Morgan fingerprint density at radius 1 is 1.26 bits per heavy atom. The molecule has 190 valence electrons. The number of carbonyl (C=O) groups excluding carboxylic acids is 1. The highest BCUT2D eigenvalue weighted by Gasteiger charge is 2.52. The van der Waals surface area contributed by atoms with Gasteiger partial charge in [-0.05, 0) is 72.3 Å². The van der Waals surface area contributed by atoms with Crippen LogP contribution in [0, 0.1) is 11.8 Å². The van der Waals surface area contributed by atoms with Crippen molar-refractivity contribution >= 4 is 40.7 Å². The van der Waals surface area contributed by atoms with Crippen molar-refractivity contribution < 1.29 is 18.8 Å². The van der Waals surface area contributed by atoms with Crippen LogP contribution in [-0.4, -0.2) is 45.1 Å². The van der Waals surface area contributed by atoms with E-state index in [0.717, 1.165) is 18.4 Å². The van der Waals surface area contributed by atoms with Crippen LogP contribution in [-0.2, 0) is 16.1 Å². The first-order valence-electron chi connectivity index (χ1n) is 11.6. The number of piperidine rings is 1. The van der Waals surface area contributed by atoms with Gasteiger partial charge in [0.1, 0.15) is 22.7 Å². The maximum absolute atomic E-state index is 13.2. The molecule has 2 aliphatic rings. The molecule has 1 saturated heterocycles. The van der Waals surface area contributed by atoms with Crippen LogP contribution < -0.4 is 9.46 Å². The van der Waals surface area contributed by atoms with Crippen LogP contribution in [0.25, 0.3) is 0 Å². The molecule has 1 amide bonds. The summed E-state index contributed by atoms with van der Waals surface area (Å²) in [4.78, 5) is 14.6. The SMILES string of the molecule is C=CCOc1cc(Cl)c(Cl)cc1C(N[S+]([O-])C(C)(C)C)C1CC2CC1CN2C(=O)OC(C)(C)C. The molecule has 0 spiro atoms. The molecular weight excluding hydrogens is 495 g/mol. The second-order valence-corrected chi connectivity index (χ2v) is 13.9. The number of nitrogens with one attached hydrogen (secondary N) is 1. The monoisotopic (exact) mass is 530 g/mol. The zero-order chi connectivity index (χ0) is 25.4. The van der Waals surface area contributed by atoms with Crippen molar-refractivity contribution in [1.82, 2.24) is 9.62 Å². The van der Waals surface area contributed by atoms with E-state index in [0.29, 0.717) is 28.9 Å². The average molecular weight is 532 g/mol. The van der Waals surface area contributed by atoms with E-state index in [9.17, 15) is 9.35 Å². The lowest BCUT2D eigenvalue weighted by Crippen LogP contribution is -2.48. The van der Waals surface area contributed by atoms with Crippen LogP contribution >= 0.6 is 23.2 Å². The van der Waals surface area contributed by atoms with Gasteiger partial charge in [0.2, 0.25) is 0 Å². The van der Waals surface area contributed by atoms with E-state index in [2.05, 4.69) is 11.3 Å². The Kier molecular flexibility index (Phi) is 8.46. The maximum atomic E-state index is 13.2. The third kappa shape index (κ3) is 6.35. The number of benzene rings is 1. The molecule has 5 unspecified atom stereocenters. The van der Waals surface area contributed by atoms with Crippen molar-refractivity contribution in [3.05, 3.63) is 40.4 Å². The van der Waals surface area contributed by atoms with Crippen molar-refractivity contribution in [2.75, 3.05) is 13.2 Å². The highest BCUT2D eigenvalue weighted by molar-refractivity contribution is 7.90. The summed E-state index contributed by atoms with van der Waals surface area (Å²) < 4.78 is 27.7. The molecule has 3 rings (SSSR count). The number of fused-ring (bicyclic) bond motifs is 2. The fraction of sp³-hybridized carbons (Fsp3) is 0.640. The lowest BCUT2D eigenvalue weighted by Gasteiger charge is -2.38. The highest BCUT2D eigenvalue weighted by Crippen LogP contribution is 2.50. The Morgan fingerprint density at radius 2 is 1.91 bits per heavy atom. The first-order valence-corrected chi connectivity index (χ1v) is 13.5. The summed E-state index contributed by atoms with van der Waals surface area (Å²) in [5.41, 5.74) is 0.277. The first kappa shape index (κ1) is 27.5. The molecule has 1 aromatic carbocycles. The Hall–Kier alpha value is -1.12. The fourth-order valence-corrected chi connectivity index (χ4v) is 5.89. The van der Waals surface area contributed by atoms with Gasteiger partial charge in [0.05, 0.1) is 16.1 Å². The molecule has 34 heavy (non-hydrogen) atoms. The molecule has 1 aliphatic carbocycles. The van der Waals surface area contributed by atoms with Crippen LogP contribution in [0.4, 0.5) is 4.79 Å². The molecule has 1 saturated carbocycles. The fourth-order valence-electron chi connectivity index (χ4n) is 4.68. The van der Waals surface area contributed by atoms with Gasteiger partial charge in [-0.1, -0.05) is 35.9 Å². The van der Waals surface area contributed by atoms with E-state index in [4.69, 9.17) is 32.7 Å². The smallest absolute Gasteiger partial charge is 0.410 e. The Morgan fingerprint density at radius 3 is 2.44 bits per heavy atom. The van der Waals surface area contributed by atoms with Gasteiger partial charge in [-0.25, -0.2) is 4.79 Å². The van der Waals surface area contributed by atoms with E-state index < -0.39 is 21.7 Å². The van der Waals surface area contributed by atoms with Gasteiger partial charge in [-0.3, -0.25) is 0 Å². The topological polar surface area (TPSA) is 73.9 Å². The summed E-state index contributed by atoms with van der Waals surface area (Å²) in [7, 11) is 0. The van der Waals surface area contributed by atoms with Crippen molar-refractivity contribution in [2.45, 2.75) is 76.8 Å². The number of halogens is 2. The summed E-state index contributed by atoms with van der Waals surface area (Å²) in [5, 5.41) is 0.804. The molecule has 5 atom stereocenters.